The molecule has 0 saturated carbocycles. The number of nitro benzene ring substituents is 1. The van der Waals surface area contributed by atoms with Crippen LogP contribution in [0.2, 0.25) is 0 Å². The van der Waals surface area contributed by atoms with E-state index in [9.17, 15) is 14.9 Å². The van der Waals surface area contributed by atoms with E-state index in [1.807, 2.05) is 0 Å². The number of ether oxygens (including phenoxy) is 2. The number of unbranched alkanes of at least 4 members (excludes halogenated alkanes) is 9. The summed E-state index contributed by atoms with van der Waals surface area (Å²) in [5.74, 6) is 0.240. The summed E-state index contributed by atoms with van der Waals surface area (Å²) >= 11 is 0. The number of nitrogens with zero attached hydrogens (tertiary/aromatic N) is 1. The van der Waals surface area contributed by atoms with Crippen LogP contribution in [0.25, 0.3) is 0 Å². The first-order valence-electron chi connectivity index (χ1n) is 13.5. The highest BCUT2D eigenvalue weighted by molar-refractivity contribution is 5.64. The van der Waals surface area contributed by atoms with Crippen molar-refractivity contribution in [1.82, 2.24) is 0 Å². The van der Waals surface area contributed by atoms with Crippen LogP contribution in [-0.4, -0.2) is 17.2 Å². The molecular weight excluding hydrogens is 442 g/mol. The minimum atomic E-state index is -0.752. The predicted molar refractivity (Wildman–Crippen MR) is 143 cm³/mol. The topological polar surface area (TPSA) is 78.7 Å². The monoisotopic (exact) mass is 487 g/mol. The zero-order chi connectivity index (χ0) is 25.6. The van der Waals surface area contributed by atoms with E-state index in [2.05, 4.69) is 38.2 Å². The third kappa shape index (κ3) is 16.6. The van der Waals surface area contributed by atoms with Crippen molar-refractivity contribution in [1.29, 1.82) is 0 Å². The van der Waals surface area contributed by atoms with E-state index in [0.717, 1.165) is 44.9 Å². The van der Waals surface area contributed by atoms with Crippen LogP contribution < -0.4 is 4.74 Å². The number of carbonyl (C=O) groups excluding carboxylic acids is 1. The largest absolute Gasteiger partial charge is 0.514 e. The van der Waals surface area contributed by atoms with Gasteiger partial charge in [-0.15, -0.1) is 0 Å². The van der Waals surface area contributed by atoms with Crippen molar-refractivity contribution in [2.24, 2.45) is 0 Å². The van der Waals surface area contributed by atoms with E-state index in [0.29, 0.717) is 0 Å². The molecule has 0 fully saturated rings. The van der Waals surface area contributed by atoms with Gasteiger partial charge in [-0.25, -0.2) is 4.79 Å². The van der Waals surface area contributed by atoms with E-state index in [1.54, 1.807) is 0 Å². The number of carbonyl (C=O) groups is 1. The summed E-state index contributed by atoms with van der Waals surface area (Å²) in [4.78, 5) is 22.3. The number of non-ortho nitro benzene ring substituents is 1. The van der Waals surface area contributed by atoms with Crippen LogP contribution in [0.3, 0.4) is 0 Å². The van der Waals surface area contributed by atoms with Gasteiger partial charge >= 0.3 is 6.16 Å². The molecule has 0 amide bonds. The molecule has 35 heavy (non-hydrogen) atoms. The zero-order valence-corrected chi connectivity index (χ0v) is 21.8. The van der Waals surface area contributed by atoms with Crippen molar-refractivity contribution in [3.63, 3.8) is 0 Å². The summed E-state index contributed by atoms with van der Waals surface area (Å²) in [5.41, 5.74) is -0.0491. The molecule has 0 aromatic heterocycles. The third-order valence-electron chi connectivity index (χ3n) is 5.85. The van der Waals surface area contributed by atoms with Crippen molar-refractivity contribution in [2.75, 3.05) is 0 Å². The Labute approximate surface area is 211 Å². The highest BCUT2D eigenvalue weighted by Gasteiger charge is 2.16. The molecule has 0 saturated heterocycles. The molecule has 0 bridgehead atoms. The summed E-state index contributed by atoms with van der Waals surface area (Å²) in [6, 6.07) is 5.40. The molecule has 1 rings (SSSR count). The fraction of sp³-hybridized carbons (Fsp3) is 0.621. The molecule has 1 aromatic rings. The lowest BCUT2D eigenvalue weighted by Gasteiger charge is -2.16. The van der Waals surface area contributed by atoms with Crippen molar-refractivity contribution in [3.8, 4) is 5.75 Å². The van der Waals surface area contributed by atoms with Gasteiger partial charge in [0, 0.05) is 12.1 Å². The Balaban J connectivity index is 2.09. The maximum absolute atomic E-state index is 12.1. The van der Waals surface area contributed by atoms with Crippen LogP contribution >= 0.6 is 0 Å². The first-order chi connectivity index (χ1) is 17.1. The first kappa shape index (κ1) is 30.4. The molecule has 1 unspecified atom stereocenters. The van der Waals surface area contributed by atoms with Gasteiger partial charge in [-0.2, -0.15) is 0 Å². The Bertz CT molecular complexity index is 742. The molecule has 0 aliphatic carbocycles. The quantitative estimate of drug-likeness (QED) is 0.0457. The first-order valence-corrected chi connectivity index (χ1v) is 13.5. The van der Waals surface area contributed by atoms with Gasteiger partial charge in [0.05, 0.1) is 4.92 Å². The van der Waals surface area contributed by atoms with Gasteiger partial charge in [0.2, 0.25) is 0 Å². The number of rotatable bonds is 20. The molecule has 0 radical (unpaired) electrons. The van der Waals surface area contributed by atoms with Gasteiger partial charge in [0.15, 0.2) is 0 Å². The summed E-state index contributed by atoms with van der Waals surface area (Å²) < 4.78 is 10.7. The van der Waals surface area contributed by atoms with Crippen molar-refractivity contribution in [2.45, 2.75) is 116 Å². The number of hydrogen-bond acceptors (Lipinski definition) is 5. The van der Waals surface area contributed by atoms with Crippen molar-refractivity contribution < 1.29 is 19.2 Å². The predicted octanol–water partition coefficient (Wildman–Crippen LogP) is 9.48. The lowest BCUT2D eigenvalue weighted by molar-refractivity contribution is -0.384. The zero-order valence-electron chi connectivity index (χ0n) is 21.8. The average molecular weight is 488 g/mol. The van der Waals surface area contributed by atoms with E-state index < -0.39 is 11.1 Å². The van der Waals surface area contributed by atoms with Crippen LogP contribution in [0, 0.1) is 10.1 Å². The second-order valence-corrected chi connectivity index (χ2v) is 9.00. The van der Waals surface area contributed by atoms with Crippen molar-refractivity contribution >= 4 is 11.8 Å². The Morgan fingerprint density at radius 2 is 1.43 bits per heavy atom. The standard InChI is InChI=1S/C29H45NO5/c1-3-5-6-7-8-9-10-11-12-13-14-15-16-17-18-19-21-27(20-4-2)34-29(31)35-28-24-22-26(23-25-28)30(32)33/h8-9,11-12,22-25,27H,3-7,10,13-21H2,1-2H3/b9-8-,12-11-. The Hall–Kier alpha value is -2.63. The second-order valence-electron chi connectivity index (χ2n) is 9.00. The number of hydrogen-bond donors (Lipinski definition) is 0. The molecule has 0 heterocycles. The Kier molecular flexibility index (Phi) is 18.0. The lowest BCUT2D eigenvalue weighted by atomic mass is 10.0. The molecular formula is C29H45NO5. The molecule has 0 spiro atoms. The normalized spacial score (nSPS) is 12.3. The number of nitro groups is 1. The summed E-state index contributed by atoms with van der Waals surface area (Å²) in [5, 5.41) is 10.7. The van der Waals surface area contributed by atoms with E-state index in [1.165, 1.54) is 75.6 Å². The molecule has 6 nitrogen and oxygen atoms in total. The van der Waals surface area contributed by atoms with Crippen LogP contribution in [0.5, 0.6) is 5.75 Å². The van der Waals surface area contributed by atoms with Gasteiger partial charge in [-0.1, -0.05) is 83.1 Å². The molecule has 0 N–H and O–H groups in total. The summed E-state index contributed by atoms with van der Waals surface area (Å²) in [7, 11) is 0. The van der Waals surface area contributed by atoms with Gasteiger partial charge in [0.1, 0.15) is 11.9 Å². The highest BCUT2D eigenvalue weighted by atomic mass is 16.7. The Morgan fingerprint density at radius 3 is 2.03 bits per heavy atom. The smallest absolute Gasteiger partial charge is 0.431 e. The van der Waals surface area contributed by atoms with Crippen LogP contribution in [0.1, 0.15) is 110 Å². The molecule has 1 aromatic carbocycles. The molecule has 196 valence electrons. The molecule has 1 atom stereocenters. The highest BCUT2D eigenvalue weighted by Crippen LogP contribution is 2.19. The number of benzene rings is 1. The van der Waals surface area contributed by atoms with Gasteiger partial charge in [-0.05, 0) is 63.5 Å². The summed E-state index contributed by atoms with van der Waals surface area (Å²) in [6.45, 7) is 4.30. The van der Waals surface area contributed by atoms with E-state index >= 15 is 0 Å². The fourth-order valence-electron chi connectivity index (χ4n) is 3.84. The lowest BCUT2D eigenvalue weighted by Crippen LogP contribution is -2.21. The minimum absolute atomic E-state index is 0.0491. The molecule has 0 aliphatic rings. The SMILES string of the molecule is CCCCC/C=C\C/C=C\CCCCCCCCC(CCC)OC(=O)Oc1ccc([N+](=O)[O-])cc1. The van der Waals surface area contributed by atoms with Crippen LogP contribution in [-0.2, 0) is 4.74 Å². The molecule has 6 heteroatoms. The molecule has 0 aliphatic heterocycles. The third-order valence-corrected chi connectivity index (χ3v) is 5.85. The summed E-state index contributed by atoms with van der Waals surface area (Å²) in [6.07, 6.45) is 25.3. The minimum Gasteiger partial charge on any atom is -0.431 e. The van der Waals surface area contributed by atoms with Gasteiger partial charge in [-0.3, -0.25) is 10.1 Å². The second kappa shape index (κ2) is 20.7. The average Bonchev–Trinajstić information content (AvgIpc) is 2.84. The maximum atomic E-state index is 12.1. The maximum Gasteiger partial charge on any atom is 0.514 e. The van der Waals surface area contributed by atoms with Crippen molar-refractivity contribution in [3.05, 3.63) is 58.7 Å². The number of allylic oxidation sites excluding steroid dienone is 4. The van der Waals surface area contributed by atoms with Gasteiger partial charge < -0.3 is 9.47 Å². The van der Waals surface area contributed by atoms with Gasteiger partial charge in [0.25, 0.3) is 5.69 Å². The van der Waals surface area contributed by atoms with E-state index in [4.69, 9.17) is 9.47 Å². The van der Waals surface area contributed by atoms with Crippen LogP contribution in [0.15, 0.2) is 48.6 Å². The fourth-order valence-corrected chi connectivity index (χ4v) is 3.84. The van der Waals surface area contributed by atoms with Crippen LogP contribution in [0.4, 0.5) is 10.5 Å². The van der Waals surface area contributed by atoms with E-state index in [-0.39, 0.29) is 17.5 Å². The Morgan fingerprint density at radius 1 is 0.829 bits per heavy atom.